The summed E-state index contributed by atoms with van der Waals surface area (Å²) in [6, 6.07) is 7.86. The molecular formula is C12H11ClN4O. The third kappa shape index (κ3) is 3.11. The number of hydrogen-bond acceptors (Lipinski definition) is 3. The molecule has 92 valence electrons. The van der Waals surface area contributed by atoms with Crippen LogP contribution in [0.3, 0.4) is 0 Å². The lowest BCUT2D eigenvalue weighted by Gasteiger charge is -2.09. The minimum absolute atomic E-state index is 0.382. The van der Waals surface area contributed by atoms with E-state index < -0.39 is 0 Å². The Bertz CT molecular complexity index is 559. The molecule has 0 radical (unpaired) electrons. The van der Waals surface area contributed by atoms with Crippen molar-refractivity contribution in [2.45, 2.75) is 0 Å². The van der Waals surface area contributed by atoms with Crippen molar-refractivity contribution < 1.29 is 4.79 Å². The molecule has 2 amide bonds. The highest BCUT2D eigenvalue weighted by atomic mass is 35.5. The van der Waals surface area contributed by atoms with E-state index in [0.717, 1.165) is 0 Å². The van der Waals surface area contributed by atoms with E-state index in [1.54, 1.807) is 42.7 Å². The van der Waals surface area contributed by atoms with Gasteiger partial charge in [-0.25, -0.2) is 4.79 Å². The maximum Gasteiger partial charge on any atom is 0.323 e. The van der Waals surface area contributed by atoms with Gasteiger partial charge in [0.1, 0.15) is 0 Å². The van der Waals surface area contributed by atoms with Crippen molar-refractivity contribution >= 4 is 34.7 Å². The molecule has 0 fully saturated rings. The van der Waals surface area contributed by atoms with Gasteiger partial charge in [0.25, 0.3) is 0 Å². The van der Waals surface area contributed by atoms with Crippen LogP contribution in [-0.4, -0.2) is 11.0 Å². The van der Waals surface area contributed by atoms with Crippen LogP contribution in [0.1, 0.15) is 0 Å². The zero-order valence-corrected chi connectivity index (χ0v) is 10.1. The summed E-state index contributed by atoms with van der Waals surface area (Å²) in [4.78, 5) is 15.5. The summed E-state index contributed by atoms with van der Waals surface area (Å²) >= 11 is 5.94. The molecule has 0 bridgehead atoms. The minimum Gasteiger partial charge on any atom is -0.399 e. The summed E-state index contributed by atoms with van der Waals surface area (Å²) in [5, 5.41) is 5.67. The van der Waals surface area contributed by atoms with Gasteiger partial charge in [-0.3, -0.25) is 4.98 Å². The summed E-state index contributed by atoms with van der Waals surface area (Å²) < 4.78 is 0. The predicted octanol–water partition coefficient (Wildman–Crippen LogP) is 2.96. The highest BCUT2D eigenvalue weighted by Crippen LogP contribution is 2.24. The van der Waals surface area contributed by atoms with E-state index in [9.17, 15) is 4.79 Å². The minimum atomic E-state index is -0.382. The molecule has 18 heavy (non-hydrogen) atoms. The number of halogens is 1. The smallest absolute Gasteiger partial charge is 0.323 e. The molecule has 5 nitrogen and oxygen atoms in total. The number of nitrogens with two attached hydrogens (primary N) is 1. The van der Waals surface area contributed by atoms with Crippen molar-refractivity contribution in [2.75, 3.05) is 16.4 Å². The number of anilines is 3. The van der Waals surface area contributed by atoms with E-state index in [1.807, 2.05) is 0 Å². The van der Waals surface area contributed by atoms with Gasteiger partial charge in [0.05, 0.1) is 10.7 Å². The van der Waals surface area contributed by atoms with E-state index >= 15 is 0 Å². The normalized spacial score (nSPS) is 9.83. The molecule has 0 atom stereocenters. The second kappa shape index (κ2) is 5.37. The van der Waals surface area contributed by atoms with Gasteiger partial charge in [0, 0.05) is 23.8 Å². The molecule has 2 rings (SSSR count). The molecule has 0 aliphatic carbocycles. The second-order valence-electron chi connectivity index (χ2n) is 3.55. The van der Waals surface area contributed by atoms with Crippen LogP contribution in [0.15, 0.2) is 42.7 Å². The first-order valence-electron chi connectivity index (χ1n) is 5.18. The molecule has 0 saturated carbocycles. The third-order valence-electron chi connectivity index (χ3n) is 2.18. The molecule has 4 N–H and O–H groups in total. The summed E-state index contributed by atoms with van der Waals surface area (Å²) in [5.74, 6) is 0. The van der Waals surface area contributed by atoms with Gasteiger partial charge in [0.2, 0.25) is 0 Å². The number of benzene rings is 1. The van der Waals surface area contributed by atoms with Crippen LogP contribution < -0.4 is 16.4 Å². The van der Waals surface area contributed by atoms with E-state index in [1.165, 1.54) is 0 Å². The van der Waals surface area contributed by atoms with Crippen molar-refractivity contribution in [1.82, 2.24) is 4.98 Å². The lowest BCUT2D eigenvalue weighted by molar-refractivity contribution is 0.262. The van der Waals surface area contributed by atoms with Gasteiger partial charge in [0.15, 0.2) is 0 Å². The monoisotopic (exact) mass is 262 g/mol. The van der Waals surface area contributed by atoms with Crippen LogP contribution in [0.5, 0.6) is 0 Å². The van der Waals surface area contributed by atoms with E-state index in [0.29, 0.717) is 22.1 Å². The quantitative estimate of drug-likeness (QED) is 0.728. The lowest BCUT2D eigenvalue weighted by Crippen LogP contribution is -2.19. The fourth-order valence-corrected chi connectivity index (χ4v) is 1.59. The lowest BCUT2D eigenvalue weighted by atomic mass is 10.3. The number of carbonyl (C=O) groups is 1. The number of aromatic nitrogens is 1. The average Bonchev–Trinajstić information content (AvgIpc) is 2.34. The molecule has 0 unspecified atom stereocenters. The van der Waals surface area contributed by atoms with Crippen LogP contribution >= 0.6 is 11.6 Å². The van der Waals surface area contributed by atoms with Gasteiger partial charge in [-0.05, 0) is 30.3 Å². The first-order chi connectivity index (χ1) is 8.65. The van der Waals surface area contributed by atoms with Crippen LogP contribution in [0, 0.1) is 0 Å². The zero-order valence-electron chi connectivity index (χ0n) is 9.35. The number of hydrogen-bond donors (Lipinski definition) is 3. The van der Waals surface area contributed by atoms with Crippen molar-refractivity contribution in [2.24, 2.45) is 0 Å². The Hall–Kier alpha value is -2.27. The second-order valence-corrected chi connectivity index (χ2v) is 3.96. The van der Waals surface area contributed by atoms with Gasteiger partial charge in [-0.1, -0.05) is 11.6 Å². The largest absolute Gasteiger partial charge is 0.399 e. The number of nitrogen functional groups attached to an aromatic ring is 1. The zero-order chi connectivity index (χ0) is 13.0. The Morgan fingerprint density at radius 3 is 2.56 bits per heavy atom. The molecule has 1 heterocycles. The molecule has 1 aromatic carbocycles. The number of nitrogens with zero attached hydrogens (tertiary/aromatic N) is 1. The molecule has 0 aliphatic rings. The summed E-state index contributed by atoms with van der Waals surface area (Å²) in [5.41, 5.74) is 7.25. The maximum absolute atomic E-state index is 11.7. The number of nitrogens with one attached hydrogen (secondary N) is 2. The molecule has 0 spiro atoms. The Morgan fingerprint density at radius 2 is 1.89 bits per heavy atom. The Labute approximate surface area is 109 Å². The Kier molecular flexibility index (Phi) is 3.64. The fraction of sp³-hybridized carbons (Fsp3) is 0. The summed E-state index contributed by atoms with van der Waals surface area (Å²) in [6.45, 7) is 0. The first-order valence-corrected chi connectivity index (χ1v) is 5.56. The van der Waals surface area contributed by atoms with E-state index in [4.69, 9.17) is 17.3 Å². The first kappa shape index (κ1) is 12.2. The third-order valence-corrected chi connectivity index (χ3v) is 2.49. The topological polar surface area (TPSA) is 80.0 Å². The summed E-state index contributed by atoms with van der Waals surface area (Å²) in [6.07, 6.45) is 3.18. The Morgan fingerprint density at radius 1 is 1.17 bits per heavy atom. The number of carbonyl (C=O) groups excluding carboxylic acids is 1. The van der Waals surface area contributed by atoms with Crippen LogP contribution in [-0.2, 0) is 0 Å². The molecular weight excluding hydrogens is 252 g/mol. The van der Waals surface area contributed by atoms with Crippen molar-refractivity contribution in [3.63, 3.8) is 0 Å². The molecule has 1 aromatic heterocycles. The van der Waals surface area contributed by atoms with Crippen LogP contribution in [0.2, 0.25) is 5.02 Å². The average molecular weight is 263 g/mol. The van der Waals surface area contributed by atoms with Crippen molar-refractivity contribution in [3.05, 3.63) is 47.7 Å². The predicted molar refractivity (Wildman–Crippen MR) is 72.7 cm³/mol. The highest BCUT2D eigenvalue weighted by Gasteiger charge is 2.05. The molecule has 0 aliphatic heterocycles. The summed E-state index contributed by atoms with van der Waals surface area (Å²) in [7, 11) is 0. The van der Waals surface area contributed by atoms with E-state index in [2.05, 4.69) is 15.6 Å². The standard InChI is InChI=1S/C12H11ClN4O/c13-10-7-8(14)1-2-11(10)17-12(18)16-9-3-5-15-6-4-9/h1-7H,14H2,(H2,15,16,17,18). The molecule has 6 heteroatoms. The number of pyridine rings is 1. The Balaban J connectivity index is 2.03. The van der Waals surface area contributed by atoms with Crippen LogP contribution in [0.4, 0.5) is 21.9 Å². The SMILES string of the molecule is Nc1ccc(NC(=O)Nc2ccncc2)c(Cl)c1. The number of rotatable bonds is 2. The maximum atomic E-state index is 11.7. The number of urea groups is 1. The van der Waals surface area contributed by atoms with E-state index in [-0.39, 0.29) is 6.03 Å². The van der Waals surface area contributed by atoms with Crippen LogP contribution in [0.25, 0.3) is 0 Å². The van der Waals surface area contributed by atoms with Gasteiger partial charge in [-0.2, -0.15) is 0 Å². The fourth-order valence-electron chi connectivity index (χ4n) is 1.35. The van der Waals surface area contributed by atoms with Gasteiger partial charge < -0.3 is 16.4 Å². The van der Waals surface area contributed by atoms with Crippen molar-refractivity contribution in [3.8, 4) is 0 Å². The molecule has 0 saturated heterocycles. The van der Waals surface area contributed by atoms with Gasteiger partial charge in [-0.15, -0.1) is 0 Å². The number of amides is 2. The molecule has 2 aromatic rings. The highest BCUT2D eigenvalue weighted by molar-refractivity contribution is 6.34. The van der Waals surface area contributed by atoms with Gasteiger partial charge >= 0.3 is 6.03 Å². The van der Waals surface area contributed by atoms with Crippen molar-refractivity contribution in [1.29, 1.82) is 0 Å².